The summed E-state index contributed by atoms with van der Waals surface area (Å²) in [5, 5.41) is 5.01. The van der Waals surface area contributed by atoms with Crippen LogP contribution in [0.15, 0.2) is 47.0 Å². The molecule has 0 bridgehead atoms. The summed E-state index contributed by atoms with van der Waals surface area (Å²) in [6.07, 6.45) is 5.07. The smallest absolute Gasteiger partial charge is 0.116 e. The zero-order chi connectivity index (χ0) is 11.2. The molecule has 2 rings (SSSR count). The van der Waals surface area contributed by atoms with Crippen molar-refractivity contribution in [1.82, 2.24) is 20.3 Å². The summed E-state index contributed by atoms with van der Waals surface area (Å²) in [5.74, 6) is 0. The van der Waals surface area contributed by atoms with Gasteiger partial charge >= 0.3 is 0 Å². The minimum Gasteiger partial charge on any atom is -0.316 e. The Morgan fingerprint density at radius 3 is 2.94 bits per heavy atom. The van der Waals surface area contributed by atoms with E-state index in [-0.39, 0.29) is 0 Å². The van der Waals surface area contributed by atoms with Crippen molar-refractivity contribution in [2.75, 3.05) is 7.05 Å². The zero-order valence-corrected chi connectivity index (χ0v) is 9.74. The van der Waals surface area contributed by atoms with Crippen LogP contribution in [0.3, 0.4) is 0 Å². The Kier molecular flexibility index (Phi) is 3.85. The first kappa shape index (κ1) is 11.0. The van der Waals surface area contributed by atoms with Crippen LogP contribution in [-0.4, -0.2) is 22.0 Å². The van der Waals surface area contributed by atoms with Crippen LogP contribution in [0.25, 0.3) is 0 Å². The lowest BCUT2D eigenvalue weighted by Crippen LogP contribution is -2.06. The molecule has 82 valence electrons. The first-order valence-electron chi connectivity index (χ1n) is 4.92. The number of aromatic nitrogens is 3. The normalized spacial score (nSPS) is 10.3. The highest BCUT2D eigenvalue weighted by Crippen LogP contribution is 2.26. The topological polar surface area (TPSA) is 50.7 Å². The molecule has 0 amide bonds. The van der Waals surface area contributed by atoms with E-state index in [9.17, 15) is 0 Å². The third-order valence-corrected chi connectivity index (χ3v) is 2.98. The van der Waals surface area contributed by atoms with Gasteiger partial charge in [-0.25, -0.2) is 15.0 Å². The number of rotatable bonds is 4. The third-order valence-electron chi connectivity index (χ3n) is 1.97. The summed E-state index contributed by atoms with van der Waals surface area (Å²) in [4.78, 5) is 12.4. The molecule has 0 saturated heterocycles. The van der Waals surface area contributed by atoms with E-state index in [1.54, 1.807) is 30.5 Å². The largest absolute Gasteiger partial charge is 0.316 e. The van der Waals surface area contributed by atoms with Crippen molar-refractivity contribution < 1.29 is 0 Å². The Morgan fingerprint density at radius 2 is 2.19 bits per heavy atom. The van der Waals surface area contributed by atoms with Crippen molar-refractivity contribution in [3.05, 3.63) is 42.5 Å². The number of hydrogen-bond acceptors (Lipinski definition) is 5. The molecule has 0 unspecified atom stereocenters. The molecule has 0 fully saturated rings. The van der Waals surface area contributed by atoms with Crippen molar-refractivity contribution in [2.24, 2.45) is 0 Å². The Hall–Kier alpha value is -1.46. The molecule has 0 aliphatic heterocycles. The van der Waals surface area contributed by atoms with E-state index in [1.807, 2.05) is 19.2 Å². The van der Waals surface area contributed by atoms with E-state index in [2.05, 4.69) is 26.3 Å². The van der Waals surface area contributed by atoms with Crippen LogP contribution in [0.4, 0.5) is 0 Å². The first-order valence-corrected chi connectivity index (χ1v) is 5.74. The maximum absolute atomic E-state index is 4.36. The molecule has 0 radical (unpaired) electrons. The van der Waals surface area contributed by atoms with Gasteiger partial charge in [0.15, 0.2) is 0 Å². The van der Waals surface area contributed by atoms with Gasteiger partial charge in [-0.2, -0.15) is 0 Å². The zero-order valence-electron chi connectivity index (χ0n) is 8.92. The molecule has 5 heteroatoms. The van der Waals surface area contributed by atoms with E-state index in [0.29, 0.717) is 0 Å². The Morgan fingerprint density at radius 1 is 1.25 bits per heavy atom. The predicted octanol–water partition coefficient (Wildman–Crippen LogP) is 1.74. The second kappa shape index (κ2) is 5.58. The summed E-state index contributed by atoms with van der Waals surface area (Å²) in [5.41, 5.74) is 1.17. The molecule has 0 aliphatic rings. The lowest BCUT2D eigenvalue weighted by Gasteiger charge is -2.06. The van der Waals surface area contributed by atoms with E-state index < -0.39 is 0 Å². The second-order valence-electron chi connectivity index (χ2n) is 3.15. The van der Waals surface area contributed by atoms with Gasteiger partial charge in [0.25, 0.3) is 0 Å². The van der Waals surface area contributed by atoms with Crippen LogP contribution in [0.2, 0.25) is 0 Å². The molecular formula is C11H12N4S. The quantitative estimate of drug-likeness (QED) is 0.814. The predicted molar refractivity (Wildman–Crippen MR) is 63.2 cm³/mol. The molecule has 0 aliphatic carbocycles. The fourth-order valence-corrected chi connectivity index (χ4v) is 2.09. The molecule has 0 atom stereocenters. The molecule has 2 heterocycles. The van der Waals surface area contributed by atoms with E-state index >= 15 is 0 Å². The molecular weight excluding hydrogens is 220 g/mol. The van der Waals surface area contributed by atoms with Gasteiger partial charge in [0.2, 0.25) is 0 Å². The van der Waals surface area contributed by atoms with Crippen LogP contribution < -0.4 is 5.32 Å². The fourth-order valence-electron chi connectivity index (χ4n) is 1.28. The summed E-state index contributed by atoms with van der Waals surface area (Å²) >= 11 is 1.55. The van der Waals surface area contributed by atoms with Crippen molar-refractivity contribution in [1.29, 1.82) is 0 Å². The second-order valence-corrected chi connectivity index (χ2v) is 4.16. The molecule has 16 heavy (non-hydrogen) atoms. The third kappa shape index (κ3) is 2.77. The highest BCUT2D eigenvalue weighted by Gasteiger charge is 2.05. The van der Waals surface area contributed by atoms with Gasteiger partial charge in [0, 0.05) is 18.9 Å². The molecule has 4 nitrogen and oxygen atoms in total. The van der Waals surface area contributed by atoms with E-state index in [4.69, 9.17) is 0 Å². The van der Waals surface area contributed by atoms with Gasteiger partial charge < -0.3 is 5.32 Å². The van der Waals surface area contributed by atoms with Crippen molar-refractivity contribution >= 4 is 11.8 Å². The van der Waals surface area contributed by atoms with Gasteiger partial charge in [-0.05, 0) is 36.5 Å². The molecule has 0 aromatic carbocycles. The molecule has 1 N–H and O–H groups in total. The Labute approximate surface area is 98.6 Å². The Balaban J connectivity index is 2.21. The lowest BCUT2D eigenvalue weighted by molar-refractivity contribution is 0.789. The van der Waals surface area contributed by atoms with Gasteiger partial charge in [-0.15, -0.1) is 0 Å². The summed E-state index contributed by atoms with van der Waals surface area (Å²) in [6, 6.07) is 5.88. The van der Waals surface area contributed by atoms with Crippen LogP contribution >= 0.6 is 11.8 Å². The van der Waals surface area contributed by atoms with Crippen molar-refractivity contribution in [2.45, 2.75) is 16.6 Å². The standard InChI is InChI=1S/C11H12N4S/c1-12-7-9-3-2-5-14-11(9)16-10-4-6-13-8-15-10/h2-6,8,12H,7H2,1H3. The number of hydrogen-bond donors (Lipinski definition) is 1. The summed E-state index contributed by atoms with van der Waals surface area (Å²) < 4.78 is 0. The van der Waals surface area contributed by atoms with Crippen LogP contribution in [0, 0.1) is 0 Å². The van der Waals surface area contributed by atoms with Gasteiger partial charge in [-0.3, -0.25) is 0 Å². The average Bonchev–Trinajstić information content (AvgIpc) is 2.33. The minimum absolute atomic E-state index is 0.807. The van der Waals surface area contributed by atoms with Gasteiger partial charge in [-0.1, -0.05) is 6.07 Å². The van der Waals surface area contributed by atoms with E-state index in [1.165, 1.54) is 5.56 Å². The highest BCUT2D eigenvalue weighted by atomic mass is 32.2. The number of nitrogens with zero attached hydrogens (tertiary/aromatic N) is 3. The molecule has 0 spiro atoms. The van der Waals surface area contributed by atoms with Gasteiger partial charge in [0.1, 0.15) is 16.4 Å². The Bertz CT molecular complexity index is 447. The number of nitrogens with one attached hydrogen (secondary N) is 1. The molecule has 2 aromatic heterocycles. The van der Waals surface area contributed by atoms with Crippen molar-refractivity contribution in [3.8, 4) is 0 Å². The molecule has 0 saturated carbocycles. The molecule has 2 aromatic rings. The van der Waals surface area contributed by atoms with Crippen LogP contribution in [0.5, 0.6) is 0 Å². The maximum atomic E-state index is 4.36. The SMILES string of the molecule is CNCc1cccnc1Sc1ccncn1. The highest BCUT2D eigenvalue weighted by molar-refractivity contribution is 7.99. The lowest BCUT2D eigenvalue weighted by atomic mass is 10.3. The van der Waals surface area contributed by atoms with Crippen LogP contribution in [0.1, 0.15) is 5.56 Å². The van der Waals surface area contributed by atoms with Crippen molar-refractivity contribution in [3.63, 3.8) is 0 Å². The maximum Gasteiger partial charge on any atom is 0.116 e. The first-order chi connectivity index (χ1) is 7.90. The monoisotopic (exact) mass is 232 g/mol. The van der Waals surface area contributed by atoms with E-state index in [0.717, 1.165) is 16.6 Å². The fraction of sp³-hybridized carbons (Fsp3) is 0.182. The summed E-state index contributed by atoms with van der Waals surface area (Å²) in [6.45, 7) is 0.807. The average molecular weight is 232 g/mol. The number of pyridine rings is 1. The summed E-state index contributed by atoms with van der Waals surface area (Å²) in [7, 11) is 1.92. The minimum atomic E-state index is 0.807. The van der Waals surface area contributed by atoms with Crippen LogP contribution in [-0.2, 0) is 6.54 Å². The van der Waals surface area contributed by atoms with Gasteiger partial charge in [0.05, 0.1) is 0 Å².